The molecular weight excluding hydrogens is 276 g/mol. The zero-order valence-electron chi connectivity index (χ0n) is 12.4. The molecule has 1 amide bonds. The van der Waals surface area contributed by atoms with E-state index in [2.05, 4.69) is 10.5 Å². The molecular formula is C18H18N2O2. The van der Waals surface area contributed by atoms with Gasteiger partial charge in [0.25, 0.3) is 5.91 Å². The molecule has 1 heterocycles. The van der Waals surface area contributed by atoms with Crippen LogP contribution in [0.25, 0.3) is 0 Å². The highest BCUT2D eigenvalue weighted by Crippen LogP contribution is 2.18. The predicted molar refractivity (Wildman–Crippen MR) is 85.5 cm³/mol. The first kappa shape index (κ1) is 14.3. The van der Waals surface area contributed by atoms with Crippen molar-refractivity contribution in [3.05, 3.63) is 71.8 Å². The third-order valence-electron chi connectivity index (χ3n) is 3.73. The summed E-state index contributed by atoms with van der Waals surface area (Å²) in [5, 5.41) is 7.02. The van der Waals surface area contributed by atoms with Gasteiger partial charge < -0.3 is 10.2 Å². The predicted octanol–water partition coefficient (Wildman–Crippen LogP) is 3.06. The average molecular weight is 294 g/mol. The summed E-state index contributed by atoms with van der Waals surface area (Å²) in [7, 11) is 0. The highest BCUT2D eigenvalue weighted by molar-refractivity contribution is 6.04. The molecule has 2 unspecified atom stereocenters. The van der Waals surface area contributed by atoms with Crippen molar-refractivity contribution in [3.8, 4) is 0 Å². The topological polar surface area (TPSA) is 50.7 Å². The van der Waals surface area contributed by atoms with Crippen LogP contribution in [0.3, 0.4) is 0 Å². The number of amides is 1. The number of rotatable bonds is 4. The second-order valence-electron chi connectivity index (χ2n) is 5.34. The van der Waals surface area contributed by atoms with Crippen molar-refractivity contribution in [3.63, 3.8) is 0 Å². The van der Waals surface area contributed by atoms with Gasteiger partial charge in [-0.1, -0.05) is 65.8 Å². The van der Waals surface area contributed by atoms with Crippen LogP contribution < -0.4 is 5.32 Å². The van der Waals surface area contributed by atoms with Crippen LogP contribution in [0, 0.1) is 0 Å². The highest BCUT2D eigenvalue weighted by Gasteiger charge is 2.29. The average Bonchev–Trinajstić information content (AvgIpc) is 3.06. The van der Waals surface area contributed by atoms with E-state index in [1.165, 1.54) is 0 Å². The SMILES string of the molecule is CC(NC(=O)C1CC(c2ccccc2)=NO1)c1ccccc1. The number of nitrogens with zero attached hydrogens (tertiary/aromatic N) is 1. The molecule has 0 aromatic heterocycles. The zero-order valence-corrected chi connectivity index (χ0v) is 12.4. The van der Waals surface area contributed by atoms with E-state index >= 15 is 0 Å². The maximum Gasteiger partial charge on any atom is 0.264 e. The van der Waals surface area contributed by atoms with Gasteiger partial charge in [-0.05, 0) is 18.1 Å². The van der Waals surface area contributed by atoms with E-state index < -0.39 is 6.10 Å². The molecule has 22 heavy (non-hydrogen) atoms. The summed E-state index contributed by atoms with van der Waals surface area (Å²) in [6.45, 7) is 1.96. The molecule has 4 nitrogen and oxygen atoms in total. The molecule has 0 radical (unpaired) electrons. The number of carbonyl (C=O) groups is 1. The van der Waals surface area contributed by atoms with Crippen LogP contribution >= 0.6 is 0 Å². The number of carbonyl (C=O) groups excluding carboxylic acids is 1. The van der Waals surface area contributed by atoms with Crippen molar-refractivity contribution in [1.82, 2.24) is 5.32 Å². The summed E-state index contributed by atoms with van der Waals surface area (Å²) >= 11 is 0. The van der Waals surface area contributed by atoms with Gasteiger partial charge in [0.15, 0.2) is 0 Å². The Morgan fingerprint density at radius 1 is 1.14 bits per heavy atom. The second-order valence-corrected chi connectivity index (χ2v) is 5.34. The molecule has 4 heteroatoms. The van der Waals surface area contributed by atoms with Gasteiger partial charge in [0, 0.05) is 6.42 Å². The minimum Gasteiger partial charge on any atom is -0.382 e. The third kappa shape index (κ3) is 3.17. The van der Waals surface area contributed by atoms with Crippen LogP contribution in [-0.4, -0.2) is 17.7 Å². The summed E-state index contributed by atoms with van der Waals surface area (Å²) in [4.78, 5) is 17.6. The van der Waals surface area contributed by atoms with Gasteiger partial charge in [0.05, 0.1) is 11.8 Å². The van der Waals surface area contributed by atoms with Crippen molar-refractivity contribution < 1.29 is 9.63 Å². The smallest absolute Gasteiger partial charge is 0.264 e. The maximum atomic E-state index is 12.3. The molecule has 2 aromatic rings. The second kappa shape index (κ2) is 6.43. The lowest BCUT2D eigenvalue weighted by atomic mass is 10.0. The fraction of sp³-hybridized carbons (Fsp3) is 0.222. The molecule has 1 N–H and O–H groups in total. The van der Waals surface area contributed by atoms with Crippen LogP contribution in [0.4, 0.5) is 0 Å². The molecule has 2 atom stereocenters. The molecule has 3 rings (SSSR count). The number of nitrogens with one attached hydrogen (secondary N) is 1. The van der Waals surface area contributed by atoms with Crippen LogP contribution in [-0.2, 0) is 9.63 Å². The number of hydrogen-bond donors (Lipinski definition) is 1. The van der Waals surface area contributed by atoms with E-state index in [0.29, 0.717) is 6.42 Å². The summed E-state index contributed by atoms with van der Waals surface area (Å²) < 4.78 is 0. The molecule has 0 spiro atoms. The molecule has 0 saturated heterocycles. The zero-order chi connectivity index (χ0) is 15.4. The summed E-state index contributed by atoms with van der Waals surface area (Å²) in [5.41, 5.74) is 2.88. The van der Waals surface area contributed by atoms with Gasteiger partial charge in [-0.15, -0.1) is 0 Å². The number of oxime groups is 1. The van der Waals surface area contributed by atoms with E-state index in [0.717, 1.165) is 16.8 Å². The van der Waals surface area contributed by atoms with Crippen molar-refractivity contribution in [2.45, 2.75) is 25.5 Å². The fourth-order valence-electron chi connectivity index (χ4n) is 2.45. The van der Waals surface area contributed by atoms with Crippen molar-refractivity contribution in [2.75, 3.05) is 0 Å². The van der Waals surface area contributed by atoms with E-state index in [1.54, 1.807) is 0 Å². The Kier molecular flexibility index (Phi) is 4.19. The quantitative estimate of drug-likeness (QED) is 0.942. The summed E-state index contributed by atoms with van der Waals surface area (Å²) in [5.74, 6) is -0.133. The van der Waals surface area contributed by atoms with Crippen molar-refractivity contribution >= 4 is 11.6 Å². The molecule has 112 valence electrons. The highest BCUT2D eigenvalue weighted by atomic mass is 16.6. The lowest BCUT2D eigenvalue weighted by Gasteiger charge is -2.16. The van der Waals surface area contributed by atoms with Gasteiger partial charge >= 0.3 is 0 Å². The first-order valence-corrected chi connectivity index (χ1v) is 7.37. The Bertz CT molecular complexity index is 668. The Labute approximate surface area is 129 Å². The lowest BCUT2D eigenvalue weighted by molar-refractivity contribution is -0.131. The monoisotopic (exact) mass is 294 g/mol. The Morgan fingerprint density at radius 3 is 2.45 bits per heavy atom. The Hall–Kier alpha value is -2.62. The van der Waals surface area contributed by atoms with Crippen LogP contribution in [0.2, 0.25) is 0 Å². The maximum absolute atomic E-state index is 12.3. The largest absolute Gasteiger partial charge is 0.382 e. The van der Waals surface area contributed by atoms with Crippen LogP contribution in [0.1, 0.15) is 30.5 Å². The number of benzene rings is 2. The standard InChI is InChI=1S/C18H18N2O2/c1-13(14-8-4-2-5-9-14)19-18(21)17-12-16(20-22-17)15-10-6-3-7-11-15/h2-11,13,17H,12H2,1H3,(H,19,21). The minimum absolute atomic E-state index is 0.0573. The van der Waals surface area contributed by atoms with Gasteiger partial charge in [-0.3, -0.25) is 4.79 Å². The first-order chi connectivity index (χ1) is 10.7. The molecule has 0 bridgehead atoms. The van der Waals surface area contributed by atoms with Gasteiger partial charge in [-0.25, -0.2) is 0 Å². The summed E-state index contributed by atoms with van der Waals surface area (Å²) in [6, 6.07) is 19.6. The number of hydrogen-bond acceptors (Lipinski definition) is 3. The van der Waals surface area contributed by atoms with E-state index in [4.69, 9.17) is 4.84 Å². The normalized spacial score (nSPS) is 18.2. The fourth-order valence-corrected chi connectivity index (χ4v) is 2.45. The lowest BCUT2D eigenvalue weighted by Crippen LogP contribution is -2.36. The Balaban J connectivity index is 1.59. The van der Waals surface area contributed by atoms with Crippen LogP contribution in [0.15, 0.2) is 65.8 Å². The van der Waals surface area contributed by atoms with E-state index in [1.807, 2.05) is 67.6 Å². The molecule has 1 aliphatic heterocycles. The van der Waals surface area contributed by atoms with E-state index in [9.17, 15) is 4.79 Å². The third-order valence-corrected chi connectivity index (χ3v) is 3.73. The summed E-state index contributed by atoms with van der Waals surface area (Å²) in [6.07, 6.45) is -0.0569. The molecule has 1 aliphatic rings. The van der Waals surface area contributed by atoms with E-state index in [-0.39, 0.29) is 11.9 Å². The van der Waals surface area contributed by atoms with Gasteiger partial charge in [0.1, 0.15) is 0 Å². The molecule has 0 fully saturated rings. The van der Waals surface area contributed by atoms with Gasteiger partial charge in [-0.2, -0.15) is 0 Å². The minimum atomic E-state index is -0.554. The van der Waals surface area contributed by atoms with Crippen molar-refractivity contribution in [1.29, 1.82) is 0 Å². The van der Waals surface area contributed by atoms with Crippen LogP contribution in [0.5, 0.6) is 0 Å². The van der Waals surface area contributed by atoms with Crippen molar-refractivity contribution in [2.24, 2.45) is 5.16 Å². The first-order valence-electron chi connectivity index (χ1n) is 7.37. The Morgan fingerprint density at radius 2 is 1.77 bits per heavy atom. The molecule has 2 aromatic carbocycles. The molecule has 0 aliphatic carbocycles. The molecule has 0 saturated carbocycles. The van der Waals surface area contributed by atoms with Gasteiger partial charge in [0.2, 0.25) is 6.10 Å².